The maximum absolute atomic E-state index is 12.5. The van der Waals surface area contributed by atoms with Crippen LogP contribution in [0, 0.1) is 6.92 Å². The molecule has 30 heavy (non-hydrogen) atoms. The van der Waals surface area contributed by atoms with Gasteiger partial charge in [-0.25, -0.2) is 4.79 Å². The summed E-state index contributed by atoms with van der Waals surface area (Å²) >= 11 is 0. The number of hydrogen-bond donors (Lipinski definition) is 3. The lowest BCUT2D eigenvalue weighted by molar-refractivity contribution is -0.122. The van der Waals surface area contributed by atoms with Crippen molar-refractivity contribution in [2.45, 2.75) is 32.4 Å². The molecule has 1 fully saturated rings. The Hall–Kier alpha value is -3.06. The first-order chi connectivity index (χ1) is 14.5. The second-order valence-corrected chi connectivity index (χ2v) is 7.60. The van der Waals surface area contributed by atoms with Crippen molar-refractivity contribution in [1.29, 1.82) is 0 Å². The number of carbonyl (C=O) groups is 2. The van der Waals surface area contributed by atoms with Crippen LogP contribution in [-0.2, 0) is 11.4 Å². The molecule has 0 radical (unpaired) electrons. The van der Waals surface area contributed by atoms with Crippen molar-refractivity contribution < 1.29 is 14.3 Å². The maximum Gasteiger partial charge on any atom is 0.319 e. The molecule has 0 saturated carbocycles. The molecule has 3 rings (SSSR count). The molecule has 3 N–H and O–H groups in total. The van der Waals surface area contributed by atoms with Crippen molar-refractivity contribution in [3.05, 3.63) is 59.7 Å². The van der Waals surface area contributed by atoms with Crippen LogP contribution in [0.1, 0.15) is 24.0 Å². The van der Waals surface area contributed by atoms with Gasteiger partial charge in [0.1, 0.15) is 12.4 Å². The van der Waals surface area contributed by atoms with Crippen molar-refractivity contribution in [3.63, 3.8) is 0 Å². The summed E-state index contributed by atoms with van der Waals surface area (Å²) in [6, 6.07) is 15.5. The number of ether oxygens (including phenoxy) is 1. The number of amides is 3. The van der Waals surface area contributed by atoms with Gasteiger partial charge in [0.25, 0.3) is 0 Å². The molecule has 0 aromatic heterocycles. The van der Waals surface area contributed by atoms with Crippen LogP contribution in [0.4, 0.5) is 10.5 Å². The fraction of sp³-hybridized carbons (Fsp3) is 0.391. The highest BCUT2D eigenvalue weighted by molar-refractivity contribution is 5.91. The number of likely N-dealkylation sites (N-methyl/N-ethyl adjacent to an activating group) is 1. The number of piperidine rings is 1. The van der Waals surface area contributed by atoms with Gasteiger partial charge in [-0.2, -0.15) is 0 Å². The third-order valence-corrected chi connectivity index (χ3v) is 5.19. The maximum atomic E-state index is 12.5. The molecular weight excluding hydrogens is 380 g/mol. The number of benzene rings is 2. The molecule has 3 amide bonds. The largest absolute Gasteiger partial charge is 0.487 e. The lowest BCUT2D eigenvalue weighted by atomic mass is 10.1. The second kappa shape index (κ2) is 10.6. The summed E-state index contributed by atoms with van der Waals surface area (Å²) in [6.45, 7) is 4.40. The molecule has 7 nitrogen and oxygen atoms in total. The van der Waals surface area contributed by atoms with Crippen LogP contribution in [0.25, 0.3) is 0 Å². The Kier molecular flexibility index (Phi) is 7.68. The Morgan fingerprint density at radius 1 is 1.10 bits per heavy atom. The van der Waals surface area contributed by atoms with Gasteiger partial charge in [0.15, 0.2) is 0 Å². The van der Waals surface area contributed by atoms with E-state index in [1.807, 2.05) is 55.5 Å². The zero-order valence-corrected chi connectivity index (χ0v) is 17.6. The highest BCUT2D eigenvalue weighted by Gasteiger charge is 2.22. The van der Waals surface area contributed by atoms with Crippen LogP contribution in [0.2, 0.25) is 0 Å². The molecule has 2 aromatic carbocycles. The normalized spacial score (nSPS) is 14.7. The van der Waals surface area contributed by atoms with E-state index >= 15 is 0 Å². The van der Waals surface area contributed by atoms with Gasteiger partial charge in [0, 0.05) is 26.2 Å². The predicted octanol–water partition coefficient (Wildman–Crippen LogP) is 2.91. The Labute approximate surface area is 177 Å². The molecule has 0 atom stereocenters. The number of carbonyl (C=O) groups excluding carboxylic acids is 2. The van der Waals surface area contributed by atoms with Crippen molar-refractivity contribution in [3.8, 4) is 5.75 Å². The van der Waals surface area contributed by atoms with Gasteiger partial charge in [-0.15, -0.1) is 0 Å². The summed E-state index contributed by atoms with van der Waals surface area (Å²) < 4.78 is 5.97. The summed E-state index contributed by atoms with van der Waals surface area (Å²) in [7, 11) is 1.64. The van der Waals surface area contributed by atoms with Crippen molar-refractivity contribution in [1.82, 2.24) is 15.5 Å². The Bertz CT molecular complexity index is 849. The minimum Gasteiger partial charge on any atom is -0.487 e. The summed E-state index contributed by atoms with van der Waals surface area (Å²) in [5.41, 5.74) is 2.77. The number of nitrogens with zero attached hydrogens (tertiary/aromatic N) is 1. The number of rotatable bonds is 7. The Balaban J connectivity index is 1.52. The fourth-order valence-corrected chi connectivity index (χ4v) is 3.45. The SMILES string of the molecule is CNC(=O)CN1CCC(NC(=O)Nc2ccc(C)cc2OCc2ccccc2)CC1. The van der Waals surface area contributed by atoms with Gasteiger partial charge >= 0.3 is 6.03 Å². The van der Waals surface area contributed by atoms with Crippen molar-refractivity contribution in [2.75, 3.05) is 32.0 Å². The van der Waals surface area contributed by atoms with Crippen LogP contribution in [0.15, 0.2) is 48.5 Å². The number of aryl methyl sites for hydroxylation is 1. The molecule has 2 aromatic rings. The highest BCUT2D eigenvalue weighted by atomic mass is 16.5. The molecule has 1 aliphatic heterocycles. The first kappa shape index (κ1) is 21.6. The second-order valence-electron chi connectivity index (χ2n) is 7.60. The predicted molar refractivity (Wildman–Crippen MR) is 118 cm³/mol. The molecule has 1 aliphatic rings. The number of hydrogen-bond acceptors (Lipinski definition) is 4. The minimum absolute atomic E-state index is 0.0153. The quantitative estimate of drug-likeness (QED) is 0.656. The minimum atomic E-state index is -0.242. The smallest absolute Gasteiger partial charge is 0.319 e. The molecule has 1 saturated heterocycles. The summed E-state index contributed by atoms with van der Waals surface area (Å²) in [6.07, 6.45) is 1.63. The topological polar surface area (TPSA) is 82.7 Å². The van der Waals surface area contributed by atoms with Gasteiger partial charge in [-0.3, -0.25) is 9.69 Å². The molecule has 0 unspecified atom stereocenters. The number of anilines is 1. The van der Waals surface area contributed by atoms with Crippen molar-refractivity contribution >= 4 is 17.6 Å². The Morgan fingerprint density at radius 3 is 2.53 bits per heavy atom. The van der Waals surface area contributed by atoms with Crippen LogP contribution >= 0.6 is 0 Å². The van der Waals surface area contributed by atoms with Crippen LogP contribution in [-0.4, -0.2) is 49.6 Å². The van der Waals surface area contributed by atoms with Gasteiger partial charge in [0.05, 0.1) is 12.2 Å². The molecule has 0 aliphatic carbocycles. The molecule has 0 spiro atoms. The van der Waals surface area contributed by atoms with E-state index in [0.717, 1.165) is 37.1 Å². The number of nitrogens with one attached hydrogen (secondary N) is 3. The molecule has 1 heterocycles. The molecule has 7 heteroatoms. The van der Waals surface area contributed by atoms with E-state index in [4.69, 9.17) is 4.74 Å². The lowest BCUT2D eigenvalue weighted by Gasteiger charge is -2.31. The molecule has 160 valence electrons. The van der Waals surface area contributed by atoms with E-state index < -0.39 is 0 Å². The lowest BCUT2D eigenvalue weighted by Crippen LogP contribution is -2.48. The standard InChI is InChI=1S/C23H30N4O3/c1-17-8-9-20(21(14-17)30-16-18-6-4-3-5-7-18)26-23(29)25-19-10-12-27(13-11-19)15-22(28)24-2/h3-9,14,19H,10-13,15-16H2,1-2H3,(H,24,28)(H2,25,26,29). The first-order valence-corrected chi connectivity index (χ1v) is 10.3. The first-order valence-electron chi connectivity index (χ1n) is 10.3. The van der Waals surface area contributed by atoms with Crippen LogP contribution in [0.3, 0.4) is 0 Å². The van der Waals surface area contributed by atoms with E-state index in [2.05, 4.69) is 20.9 Å². The number of urea groups is 1. The summed E-state index contributed by atoms with van der Waals surface area (Å²) in [5, 5.41) is 8.60. The third kappa shape index (κ3) is 6.49. The van der Waals surface area contributed by atoms with Gasteiger partial charge < -0.3 is 20.7 Å². The van der Waals surface area contributed by atoms with E-state index in [1.54, 1.807) is 7.05 Å². The average molecular weight is 411 g/mol. The van der Waals surface area contributed by atoms with Gasteiger partial charge in [-0.05, 0) is 43.0 Å². The average Bonchev–Trinajstić information content (AvgIpc) is 2.76. The van der Waals surface area contributed by atoms with Crippen LogP contribution < -0.4 is 20.7 Å². The van der Waals surface area contributed by atoms with Gasteiger partial charge in [-0.1, -0.05) is 36.4 Å². The van der Waals surface area contributed by atoms with E-state index in [1.165, 1.54) is 0 Å². The van der Waals surface area contributed by atoms with E-state index in [9.17, 15) is 9.59 Å². The highest BCUT2D eigenvalue weighted by Crippen LogP contribution is 2.27. The molecular formula is C23H30N4O3. The van der Waals surface area contributed by atoms with E-state index in [-0.39, 0.29) is 18.0 Å². The van der Waals surface area contributed by atoms with E-state index in [0.29, 0.717) is 24.6 Å². The molecule has 0 bridgehead atoms. The zero-order chi connectivity index (χ0) is 21.3. The van der Waals surface area contributed by atoms with Crippen molar-refractivity contribution in [2.24, 2.45) is 0 Å². The Morgan fingerprint density at radius 2 is 1.83 bits per heavy atom. The summed E-state index contributed by atoms with van der Waals surface area (Å²) in [5.74, 6) is 0.663. The number of likely N-dealkylation sites (tertiary alicyclic amines) is 1. The van der Waals surface area contributed by atoms with Gasteiger partial charge in [0.2, 0.25) is 5.91 Å². The zero-order valence-electron chi connectivity index (χ0n) is 17.6. The van der Waals surface area contributed by atoms with Crippen LogP contribution in [0.5, 0.6) is 5.75 Å². The monoisotopic (exact) mass is 410 g/mol. The third-order valence-electron chi connectivity index (χ3n) is 5.19. The summed E-state index contributed by atoms with van der Waals surface area (Å²) in [4.78, 5) is 26.1. The fourth-order valence-electron chi connectivity index (χ4n) is 3.45.